The highest BCUT2D eigenvalue weighted by Crippen LogP contribution is 2.27. The third-order valence-electron chi connectivity index (χ3n) is 4.20. The summed E-state index contributed by atoms with van der Waals surface area (Å²) in [6.07, 6.45) is -0.886. The molecule has 1 atom stereocenters. The first-order chi connectivity index (χ1) is 13.3. The van der Waals surface area contributed by atoms with E-state index in [0.29, 0.717) is 23.5 Å². The Bertz CT molecular complexity index is 913. The first-order valence-corrected chi connectivity index (χ1v) is 8.82. The third kappa shape index (κ3) is 4.88. The first kappa shape index (κ1) is 21.0. The summed E-state index contributed by atoms with van der Waals surface area (Å²) in [6.45, 7) is 7.38. The SMILES string of the molecule is COC(=O)N(Cc1cccc(C#N)c1)c1c(C)nn(CC(C)OC(C)=O)c1C. The molecule has 0 aliphatic heterocycles. The maximum Gasteiger partial charge on any atom is 0.414 e. The van der Waals surface area contributed by atoms with Crippen molar-refractivity contribution >= 4 is 17.7 Å². The fraction of sp³-hybridized carbons (Fsp3) is 0.400. The van der Waals surface area contributed by atoms with Gasteiger partial charge in [-0.3, -0.25) is 14.4 Å². The topological polar surface area (TPSA) is 97.5 Å². The number of amides is 1. The van der Waals surface area contributed by atoms with Crippen LogP contribution < -0.4 is 4.90 Å². The number of hydrogen-bond acceptors (Lipinski definition) is 6. The van der Waals surface area contributed by atoms with Gasteiger partial charge in [-0.2, -0.15) is 10.4 Å². The summed E-state index contributed by atoms with van der Waals surface area (Å²) in [6, 6.07) is 9.14. The monoisotopic (exact) mass is 384 g/mol. The lowest BCUT2D eigenvalue weighted by Gasteiger charge is -2.22. The molecule has 2 aromatic rings. The van der Waals surface area contributed by atoms with E-state index in [4.69, 9.17) is 14.7 Å². The molecule has 1 amide bonds. The molecule has 1 heterocycles. The molecule has 0 saturated heterocycles. The lowest BCUT2D eigenvalue weighted by Crippen LogP contribution is -2.31. The number of hydrogen-bond donors (Lipinski definition) is 0. The van der Waals surface area contributed by atoms with Gasteiger partial charge in [-0.15, -0.1) is 0 Å². The van der Waals surface area contributed by atoms with E-state index in [1.54, 1.807) is 36.7 Å². The molecule has 0 fully saturated rings. The van der Waals surface area contributed by atoms with Crippen LogP contribution in [0.3, 0.4) is 0 Å². The third-order valence-corrected chi connectivity index (χ3v) is 4.20. The molecule has 1 aromatic carbocycles. The van der Waals surface area contributed by atoms with Gasteiger partial charge >= 0.3 is 12.1 Å². The van der Waals surface area contributed by atoms with Crippen LogP contribution in [0.25, 0.3) is 0 Å². The van der Waals surface area contributed by atoms with E-state index in [0.717, 1.165) is 11.3 Å². The summed E-state index contributed by atoms with van der Waals surface area (Å²) in [4.78, 5) is 25.1. The number of aryl methyl sites for hydroxylation is 1. The summed E-state index contributed by atoms with van der Waals surface area (Å²) < 4.78 is 11.8. The van der Waals surface area contributed by atoms with Crippen LogP contribution in [-0.4, -0.2) is 35.1 Å². The van der Waals surface area contributed by atoms with Gasteiger partial charge in [-0.1, -0.05) is 12.1 Å². The molecule has 8 heteroatoms. The predicted molar refractivity (Wildman–Crippen MR) is 103 cm³/mol. The van der Waals surface area contributed by atoms with Crippen molar-refractivity contribution in [1.82, 2.24) is 9.78 Å². The molecule has 2 rings (SSSR count). The van der Waals surface area contributed by atoms with Crippen LogP contribution >= 0.6 is 0 Å². The van der Waals surface area contributed by atoms with Crippen molar-refractivity contribution in [1.29, 1.82) is 5.26 Å². The minimum absolute atomic E-state index is 0.231. The average molecular weight is 384 g/mol. The van der Waals surface area contributed by atoms with Crippen molar-refractivity contribution in [3.8, 4) is 6.07 Å². The Labute approximate surface area is 164 Å². The summed E-state index contributed by atoms with van der Waals surface area (Å²) in [7, 11) is 1.32. The Morgan fingerprint density at radius 2 is 2.07 bits per heavy atom. The lowest BCUT2D eigenvalue weighted by molar-refractivity contribution is -0.146. The van der Waals surface area contributed by atoms with E-state index in [9.17, 15) is 9.59 Å². The van der Waals surface area contributed by atoms with E-state index in [2.05, 4.69) is 11.2 Å². The van der Waals surface area contributed by atoms with Crippen molar-refractivity contribution in [3.05, 3.63) is 46.8 Å². The van der Waals surface area contributed by atoms with Crippen LogP contribution in [0.15, 0.2) is 24.3 Å². The summed E-state index contributed by atoms with van der Waals surface area (Å²) in [5.74, 6) is -0.359. The van der Waals surface area contributed by atoms with Gasteiger partial charge < -0.3 is 9.47 Å². The first-order valence-electron chi connectivity index (χ1n) is 8.82. The second-order valence-corrected chi connectivity index (χ2v) is 6.49. The molecule has 1 unspecified atom stereocenters. The zero-order valence-corrected chi connectivity index (χ0v) is 16.7. The molecule has 28 heavy (non-hydrogen) atoms. The minimum Gasteiger partial charge on any atom is -0.461 e. The van der Waals surface area contributed by atoms with E-state index < -0.39 is 6.09 Å². The van der Waals surface area contributed by atoms with Crippen molar-refractivity contribution in [2.45, 2.75) is 46.9 Å². The lowest BCUT2D eigenvalue weighted by atomic mass is 10.1. The van der Waals surface area contributed by atoms with Gasteiger partial charge in [0.1, 0.15) is 6.10 Å². The highest BCUT2D eigenvalue weighted by atomic mass is 16.5. The maximum absolute atomic E-state index is 12.5. The van der Waals surface area contributed by atoms with E-state index >= 15 is 0 Å². The zero-order chi connectivity index (χ0) is 20.8. The second kappa shape index (κ2) is 9.04. The van der Waals surface area contributed by atoms with Crippen molar-refractivity contribution < 1.29 is 19.1 Å². The van der Waals surface area contributed by atoms with Crippen LogP contribution in [0.1, 0.15) is 36.4 Å². The Hall–Kier alpha value is -3.34. The highest BCUT2D eigenvalue weighted by molar-refractivity contribution is 5.89. The van der Waals surface area contributed by atoms with E-state index in [1.807, 2.05) is 13.0 Å². The van der Waals surface area contributed by atoms with Crippen LogP contribution in [0.4, 0.5) is 10.5 Å². The number of nitrogens with zero attached hydrogens (tertiary/aromatic N) is 4. The van der Waals surface area contributed by atoms with E-state index in [1.165, 1.54) is 18.9 Å². The van der Waals surface area contributed by atoms with Gasteiger partial charge in [-0.05, 0) is 38.5 Å². The Morgan fingerprint density at radius 1 is 1.36 bits per heavy atom. The smallest absolute Gasteiger partial charge is 0.414 e. The zero-order valence-electron chi connectivity index (χ0n) is 16.7. The van der Waals surface area contributed by atoms with Gasteiger partial charge in [0.15, 0.2) is 0 Å². The molecular weight excluding hydrogens is 360 g/mol. The molecule has 1 aromatic heterocycles. The van der Waals surface area contributed by atoms with Gasteiger partial charge in [-0.25, -0.2) is 4.79 Å². The van der Waals surface area contributed by atoms with Crippen LogP contribution in [-0.2, 0) is 27.4 Å². The Morgan fingerprint density at radius 3 is 2.68 bits per heavy atom. The number of ether oxygens (including phenoxy) is 2. The number of nitriles is 1. The molecule has 0 aliphatic carbocycles. The van der Waals surface area contributed by atoms with Gasteiger partial charge in [0.25, 0.3) is 0 Å². The van der Waals surface area contributed by atoms with Crippen LogP contribution in [0.2, 0.25) is 0 Å². The fourth-order valence-electron chi connectivity index (χ4n) is 3.09. The van der Waals surface area contributed by atoms with E-state index in [-0.39, 0.29) is 18.6 Å². The van der Waals surface area contributed by atoms with Crippen molar-refractivity contribution in [3.63, 3.8) is 0 Å². The molecule has 0 radical (unpaired) electrons. The number of aromatic nitrogens is 2. The summed E-state index contributed by atoms with van der Waals surface area (Å²) in [5.41, 5.74) is 3.34. The largest absolute Gasteiger partial charge is 0.461 e. The summed E-state index contributed by atoms with van der Waals surface area (Å²) in [5, 5.41) is 13.6. The summed E-state index contributed by atoms with van der Waals surface area (Å²) >= 11 is 0. The van der Waals surface area contributed by atoms with Crippen molar-refractivity contribution in [2.24, 2.45) is 0 Å². The Kier molecular flexibility index (Phi) is 6.77. The molecule has 8 nitrogen and oxygen atoms in total. The average Bonchev–Trinajstić information content (AvgIpc) is 2.91. The number of carbonyl (C=O) groups is 2. The quantitative estimate of drug-likeness (QED) is 0.710. The van der Waals surface area contributed by atoms with Crippen LogP contribution in [0.5, 0.6) is 0 Å². The predicted octanol–water partition coefficient (Wildman–Crippen LogP) is 3.10. The normalized spacial score (nSPS) is 11.4. The van der Waals surface area contributed by atoms with Crippen LogP contribution in [0, 0.1) is 25.2 Å². The standard InChI is InChI=1S/C20H24N4O4/c1-13(28-16(4)25)11-24-15(3)19(14(2)22-24)23(20(26)27-5)12-18-8-6-7-17(9-18)10-21/h6-9,13H,11-12H2,1-5H3. The number of carbonyl (C=O) groups excluding carboxylic acids is 2. The van der Waals surface area contributed by atoms with Gasteiger partial charge in [0.05, 0.1) is 48.9 Å². The molecule has 0 bridgehead atoms. The molecular formula is C20H24N4O4. The van der Waals surface area contributed by atoms with Crippen molar-refractivity contribution in [2.75, 3.05) is 12.0 Å². The van der Waals surface area contributed by atoms with Gasteiger partial charge in [0, 0.05) is 6.92 Å². The Balaban J connectivity index is 2.37. The molecule has 0 N–H and O–H groups in total. The minimum atomic E-state index is -0.527. The number of methoxy groups -OCH3 is 1. The fourth-order valence-corrected chi connectivity index (χ4v) is 3.09. The second-order valence-electron chi connectivity index (χ2n) is 6.49. The molecule has 0 aliphatic rings. The molecule has 148 valence electrons. The number of rotatable bonds is 6. The number of benzene rings is 1. The number of esters is 1. The maximum atomic E-state index is 12.5. The van der Waals surface area contributed by atoms with Gasteiger partial charge in [0.2, 0.25) is 0 Å². The highest BCUT2D eigenvalue weighted by Gasteiger charge is 2.25. The molecule has 0 saturated carbocycles. The number of anilines is 1. The molecule has 0 spiro atoms.